The summed E-state index contributed by atoms with van der Waals surface area (Å²) in [6, 6.07) is 15.7. The number of pyridine rings is 1. The molecule has 5 nitrogen and oxygen atoms in total. The molecule has 0 bridgehead atoms. The highest BCUT2D eigenvalue weighted by atomic mass is 32.2. The fourth-order valence-corrected chi connectivity index (χ4v) is 3.11. The predicted molar refractivity (Wildman–Crippen MR) is 92.3 cm³/mol. The van der Waals surface area contributed by atoms with E-state index in [1.54, 1.807) is 18.0 Å². The molecule has 0 radical (unpaired) electrons. The van der Waals surface area contributed by atoms with Gasteiger partial charge >= 0.3 is 0 Å². The van der Waals surface area contributed by atoms with Crippen molar-refractivity contribution in [2.24, 2.45) is 0 Å². The molecule has 1 aliphatic heterocycles. The Balaban J connectivity index is 1.47. The number of benzene rings is 1. The van der Waals surface area contributed by atoms with Crippen molar-refractivity contribution in [1.29, 1.82) is 0 Å². The van der Waals surface area contributed by atoms with Crippen molar-refractivity contribution in [3.8, 4) is 22.8 Å². The normalized spacial score (nSPS) is 12.8. The number of aromatic nitrogens is 3. The van der Waals surface area contributed by atoms with E-state index in [0.717, 1.165) is 39.2 Å². The monoisotopic (exact) mass is 337 g/mol. The van der Waals surface area contributed by atoms with E-state index in [-0.39, 0.29) is 0 Å². The first-order valence-electron chi connectivity index (χ1n) is 7.65. The molecule has 0 saturated carbocycles. The molecule has 0 N–H and O–H groups in total. The number of fused-ring (bicyclic) bond motifs is 1. The van der Waals surface area contributed by atoms with Crippen LogP contribution in [0.5, 0.6) is 11.5 Å². The Morgan fingerprint density at radius 1 is 0.917 bits per heavy atom. The second kappa shape index (κ2) is 6.88. The van der Waals surface area contributed by atoms with Gasteiger partial charge in [-0.15, -0.1) is 10.2 Å². The van der Waals surface area contributed by atoms with E-state index < -0.39 is 0 Å². The topological polar surface area (TPSA) is 57.1 Å². The Morgan fingerprint density at radius 3 is 2.62 bits per heavy atom. The summed E-state index contributed by atoms with van der Waals surface area (Å²) in [6.07, 6.45) is 1.80. The summed E-state index contributed by atoms with van der Waals surface area (Å²) in [7, 11) is 0. The van der Waals surface area contributed by atoms with Gasteiger partial charge in [0.1, 0.15) is 18.2 Å². The Hall–Kier alpha value is -2.60. The average molecular weight is 337 g/mol. The lowest BCUT2D eigenvalue weighted by Crippen LogP contribution is -2.15. The Kier molecular flexibility index (Phi) is 4.29. The fourth-order valence-electron chi connectivity index (χ4n) is 2.39. The molecule has 0 fully saturated rings. The van der Waals surface area contributed by atoms with Crippen LogP contribution in [0.4, 0.5) is 0 Å². The summed E-state index contributed by atoms with van der Waals surface area (Å²) in [5.41, 5.74) is 2.81. The van der Waals surface area contributed by atoms with Crippen molar-refractivity contribution < 1.29 is 9.47 Å². The van der Waals surface area contributed by atoms with Crippen LogP contribution in [0, 0.1) is 0 Å². The second-order valence-electron chi connectivity index (χ2n) is 5.22. The summed E-state index contributed by atoms with van der Waals surface area (Å²) in [6.45, 7) is 1.17. The summed E-state index contributed by atoms with van der Waals surface area (Å²) in [4.78, 5) is 4.31. The molecule has 3 heterocycles. The molecule has 1 aromatic carbocycles. The lowest BCUT2D eigenvalue weighted by atomic mass is 10.1. The van der Waals surface area contributed by atoms with Crippen molar-refractivity contribution >= 4 is 11.8 Å². The van der Waals surface area contributed by atoms with Crippen LogP contribution < -0.4 is 9.47 Å². The number of thioether (sulfide) groups is 1. The molecular formula is C18H15N3O2S. The van der Waals surface area contributed by atoms with E-state index in [0.29, 0.717) is 13.2 Å². The highest BCUT2D eigenvalue weighted by molar-refractivity contribution is 7.98. The molecule has 24 heavy (non-hydrogen) atoms. The lowest BCUT2D eigenvalue weighted by molar-refractivity contribution is 0.171. The van der Waals surface area contributed by atoms with E-state index >= 15 is 0 Å². The Labute approximate surface area is 144 Å². The van der Waals surface area contributed by atoms with E-state index in [4.69, 9.17) is 9.47 Å². The van der Waals surface area contributed by atoms with Gasteiger partial charge in [-0.25, -0.2) is 0 Å². The van der Waals surface area contributed by atoms with Crippen molar-refractivity contribution in [2.75, 3.05) is 13.2 Å². The van der Waals surface area contributed by atoms with Gasteiger partial charge in [0.05, 0.1) is 11.4 Å². The molecule has 0 atom stereocenters. The van der Waals surface area contributed by atoms with E-state index in [2.05, 4.69) is 15.2 Å². The van der Waals surface area contributed by atoms with E-state index in [1.807, 2.05) is 48.5 Å². The molecule has 0 unspecified atom stereocenters. The van der Waals surface area contributed by atoms with Gasteiger partial charge < -0.3 is 9.47 Å². The fraction of sp³-hybridized carbons (Fsp3) is 0.167. The van der Waals surface area contributed by atoms with Crippen molar-refractivity contribution in [1.82, 2.24) is 15.2 Å². The molecule has 3 aromatic rings. The zero-order valence-electron chi connectivity index (χ0n) is 12.9. The number of ether oxygens (including phenoxy) is 2. The van der Waals surface area contributed by atoms with Crippen molar-refractivity contribution in [2.45, 2.75) is 10.8 Å². The van der Waals surface area contributed by atoms with Gasteiger partial charge in [-0.05, 0) is 42.5 Å². The Bertz CT molecular complexity index is 825. The third kappa shape index (κ3) is 3.33. The van der Waals surface area contributed by atoms with Gasteiger partial charge in [0.15, 0.2) is 11.5 Å². The first-order valence-corrected chi connectivity index (χ1v) is 8.63. The molecule has 0 spiro atoms. The van der Waals surface area contributed by atoms with Crippen molar-refractivity contribution in [3.63, 3.8) is 0 Å². The molecule has 4 rings (SSSR count). The van der Waals surface area contributed by atoms with Crippen LogP contribution in [-0.2, 0) is 5.75 Å². The largest absolute Gasteiger partial charge is 0.486 e. The van der Waals surface area contributed by atoms with Crippen LogP contribution in [0.3, 0.4) is 0 Å². The highest BCUT2D eigenvalue weighted by Gasteiger charge is 2.13. The lowest BCUT2D eigenvalue weighted by Gasteiger charge is -2.18. The maximum atomic E-state index is 5.61. The quantitative estimate of drug-likeness (QED) is 0.678. The minimum Gasteiger partial charge on any atom is -0.486 e. The zero-order valence-corrected chi connectivity index (χ0v) is 13.7. The standard InChI is InChI=1S/C18H15N3O2S/c1-2-8-19-14(3-1)12-24-18-7-5-15(20-21-18)13-4-6-16-17(11-13)23-10-9-22-16/h1-8,11H,9-10,12H2. The minimum absolute atomic E-state index is 0.575. The Morgan fingerprint density at radius 2 is 1.83 bits per heavy atom. The molecule has 2 aromatic heterocycles. The smallest absolute Gasteiger partial charge is 0.162 e. The highest BCUT2D eigenvalue weighted by Crippen LogP contribution is 2.34. The molecule has 6 heteroatoms. The molecule has 0 saturated heterocycles. The SMILES string of the molecule is c1ccc(CSc2ccc(-c3ccc4c(c3)OCCO4)nn2)nc1. The van der Waals surface area contributed by atoms with Crippen LogP contribution in [0.1, 0.15) is 5.69 Å². The van der Waals surface area contributed by atoms with Crippen molar-refractivity contribution in [3.05, 3.63) is 60.4 Å². The van der Waals surface area contributed by atoms with Gasteiger partial charge in [0.2, 0.25) is 0 Å². The van der Waals surface area contributed by atoms with Crippen LogP contribution in [0.25, 0.3) is 11.3 Å². The van der Waals surface area contributed by atoms with Crippen LogP contribution in [0.2, 0.25) is 0 Å². The van der Waals surface area contributed by atoms with Gasteiger partial charge in [0.25, 0.3) is 0 Å². The molecular weight excluding hydrogens is 322 g/mol. The summed E-state index contributed by atoms with van der Waals surface area (Å²) >= 11 is 1.62. The van der Waals surface area contributed by atoms with Crippen LogP contribution >= 0.6 is 11.8 Å². The molecule has 0 amide bonds. The third-order valence-electron chi connectivity index (χ3n) is 3.57. The first kappa shape index (κ1) is 15.0. The second-order valence-corrected chi connectivity index (χ2v) is 6.22. The maximum Gasteiger partial charge on any atom is 0.162 e. The maximum absolute atomic E-state index is 5.61. The van der Waals surface area contributed by atoms with Gasteiger partial charge in [-0.2, -0.15) is 0 Å². The van der Waals surface area contributed by atoms with Gasteiger partial charge in [0, 0.05) is 17.5 Å². The summed E-state index contributed by atoms with van der Waals surface area (Å²) < 4.78 is 11.1. The number of nitrogens with zero attached hydrogens (tertiary/aromatic N) is 3. The molecule has 120 valence electrons. The van der Waals surface area contributed by atoms with Gasteiger partial charge in [-0.1, -0.05) is 17.8 Å². The molecule has 1 aliphatic rings. The minimum atomic E-state index is 0.575. The number of hydrogen-bond acceptors (Lipinski definition) is 6. The summed E-state index contributed by atoms with van der Waals surface area (Å²) in [5, 5.41) is 9.49. The number of rotatable bonds is 4. The predicted octanol–water partition coefficient (Wildman–Crippen LogP) is 3.60. The first-order chi connectivity index (χ1) is 11.9. The average Bonchev–Trinajstić information content (AvgIpc) is 2.67. The van der Waals surface area contributed by atoms with Crippen LogP contribution in [0.15, 0.2) is 59.8 Å². The summed E-state index contributed by atoms with van der Waals surface area (Å²) in [5.74, 6) is 2.31. The van der Waals surface area contributed by atoms with Crippen LogP contribution in [-0.4, -0.2) is 28.4 Å². The zero-order chi connectivity index (χ0) is 16.2. The third-order valence-corrected chi connectivity index (χ3v) is 4.53. The van der Waals surface area contributed by atoms with E-state index in [9.17, 15) is 0 Å². The number of hydrogen-bond donors (Lipinski definition) is 0. The molecule has 0 aliphatic carbocycles. The van der Waals surface area contributed by atoms with E-state index in [1.165, 1.54) is 0 Å². The van der Waals surface area contributed by atoms with Gasteiger partial charge in [-0.3, -0.25) is 4.98 Å².